The van der Waals surface area contributed by atoms with E-state index in [1.807, 2.05) is 19.1 Å². The fourth-order valence-electron chi connectivity index (χ4n) is 7.22. The summed E-state index contributed by atoms with van der Waals surface area (Å²) in [5.74, 6) is -0.489. The molecule has 2 aliphatic carbocycles. The minimum Gasteiger partial charge on any atom is -0.497 e. The lowest BCUT2D eigenvalue weighted by molar-refractivity contribution is -0.115. The van der Waals surface area contributed by atoms with Gasteiger partial charge in [-0.15, -0.1) is 0 Å². The highest BCUT2D eigenvalue weighted by atomic mass is 16.6. The number of rotatable bonds is 8. The molecule has 0 heterocycles. The third-order valence-electron chi connectivity index (χ3n) is 9.75. The number of amides is 1. The summed E-state index contributed by atoms with van der Waals surface area (Å²) < 4.78 is 11.6. The van der Waals surface area contributed by atoms with Gasteiger partial charge >= 0.3 is 17.5 Å². The molecule has 7 nitrogen and oxygen atoms in total. The Balaban J connectivity index is 1.51. The van der Waals surface area contributed by atoms with Crippen LogP contribution in [0.25, 0.3) is 15.7 Å². The Morgan fingerprint density at radius 1 is 1.07 bits per heavy atom. The van der Waals surface area contributed by atoms with Crippen molar-refractivity contribution >= 4 is 22.4 Å². The highest BCUT2D eigenvalue weighted by molar-refractivity contribution is 6.06. The predicted octanol–water partition coefficient (Wildman–Crippen LogP) is 7.80. The molecule has 0 aliphatic heterocycles. The lowest BCUT2D eigenvalue weighted by Gasteiger charge is -2.40. The highest BCUT2D eigenvalue weighted by Gasteiger charge is 2.67. The molecule has 2 bridgehead atoms. The number of carbonyl (C=O) groups excluding carboxylic acids is 1. The monoisotopic (exact) mass is 540 g/mol. The van der Waals surface area contributed by atoms with Crippen molar-refractivity contribution in [3.8, 4) is 5.75 Å². The van der Waals surface area contributed by atoms with E-state index in [2.05, 4.69) is 56.1 Å². The van der Waals surface area contributed by atoms with E-state index in [4.69, 9.17) is 9.47 Å². The van der Waals surface area contributed by atoms with Gasteiger partial charge in [-0.1, -0.05) is 70.2 Å². The summed E-state index contributed by atoms with van der Waals surface area (Å²) >= 11 is 0. The molecule has 208 valence electrons. The lowest BCUT2D eigenvalue weighted by atomic mass is 9.64. The highest BCUT2D eigenvalue weighted by Crippen LogP contribution is 2.71. The first-order chi connectivity index (χ1) is 19.2. The fourth-order valence-corrected chi connectivity index (χ4v) is 7.22. The van der Waals surface area contributed by atoms with E-state index in [9.17, 15) is 15.3 Å². The van der Waals surface area contributed by atoms with Gasteiger partial charge in [0.15, 0.2) is 4.98 Å². The van der Waals surface area contributed by atoms with Gasteiger partial charge in [0, 0.05) is 24.1 Å². The Morgan fingerprint density at radius 2 is 1.77 bits per heavy atom. The predicted molar refractivity (Wildman–Crippen MR) is 157 cm³/mol. The first-order valence-corrected chi connectivity index (χ1v) is 14.1. The minimum atomic E-state index is -0.648. The van der Waals surface area contributed by atoms with Crippen LogP contribution in [0.3, 0.4) is 0 Å². The van der Waals surface area contributed by atoms with Gasteiger partial charge < -0.3 is 19.5 Å². The number of benzene rings is 3. The normalized spacial score (nSPS) is 25.2. The van der Waals surface area contributed by atoms with Crippen molar-refractivity contribution in [2.75, 3.05) is 18.6 Å². The van der Waals surface area contributed by atoms with Gasteiger partial charge in [0.2, 0.25) is 5.39 Å². The lowest BCUT2D eigenvalue weighted by Crippen LogP contribution is -2.35. The molecule has 40 heavy (non-hydrogen) atoms. The van der Waals surface area contributed by atoms with E-state index in [1.165, 1.54) is 10.3 Å². The maximum Gasteiger partial charge on any atom is 0.527 e. The molecule has 1 N–H and O–H groups in total. The van der Waals surface area contributed by atoms with Crippen LogP contribution in [0, 0.1) is 22.1 Å². The first kappa shape index (κ1) is 27.5. The summed E-state index contributed by atoms with van der Waals surface area (Å²) in [5.41, 5.74) is 1.10. The van der Waals surface area contributed by atoms with Crippen LogP contribution in [0.4, 0.5) is 5.69 Å². The van der Waals surface area contributed by atoms with Gasteiger partial charge in [0.25, 0.3) is 0 Å². The van der Waals surface area contributed by atoms with Crippen molar-refractivity contribution in [3.63, 3.8) is 0 Å². The maximum absolute atomic E-state index is 13.6. The van der Waals surface area contributed by atoms with Crippen molar-refractivity contribution in [3.05, 3.63) is 88.9 Å². The van der Waals surface area contributed by atoms with Gasteiger partial charge in [0.1, 0.15) is 11.9 Å². The van der Waals surface area contributed by atoms with Crippen LogP contribution in [0.5, 0.6) is 5.75 Å². The van der Waals surface area contributed by atoms with Crippen LogP contribution in [-0.2, 0) is 9.53 Å². The number of diazo groups is 1. The number of carbonyl (C=O) groups is 1. The molecule has 0 unspecified atom stereocenters. The van der Waals surface area contributed by atoms with Gasteiger partial charge in [-0.3, -0.25) is 4.79 Å². The minimum absolute atomic E-state index is 0.0172. The van der Waals surface area contributed by atoms with Crippen molar-refractivity contribution in [1.29, 1.82) is 5.39 Å². The number of fused-ring (bicyclic) bond motifs is 3. The molecule has 0 spiro atoms. The van der Waals surface area contributed by atoms with Crippen LogP contribution in [-0.4, -0.2) is 30.8 Å². The van der Waals surface area contributed by atoms with Crippen LogP contribution in [0.1, 0.15) is 58.4 Å². The van der Waals surface area contributed by atoms with Crippen molar-refractivity contribution < 1.29 is 19.4 Å². The van der Waals surface area contributed by atoms with Crippen LogP contribution < -0.4 is 9.64 Å². The third-order valence-corrected chi connectivity index (χ3v) is 9.75. The molecular formula is C33H38N3O4+. The van der Waals surface area contributed by atoms with Crippen LogP contribution >= 0.6 is 0 Å². The summed E-state index contributed by atoms with van der Waals surface area (Å²) in [7, 11) is 1.58. The fraction of sp³-hybridized carbons (Fsp3) is 0.424. The first-order valence-electron chi connectivity index (χ1n) is 14.1. The standard InChI is InChI=1S/C33H37N3O4/c1-6-19-36(24-13-15-25(39-5)16-14-24)30(37)28(35-34)31(38)40-29-26-17-18-33(4,32(26,2)3)27(29)23-12-11-21-9-7-8-10-22(21)20-23/h7-16,20,26-27,29H,6,17-19H2,1-5H3/p+1/t26-,27-,29-,33+/m0/s1. The topological polar surface area (TPSA) is 87.2 Å². The number of aliphatic hydroxyl groups excluding tert-OH is 1. The Hall–Kier alpha value is -4.05. The maximum atomic E-state index is 13.6. The summed E-state index contributed by atoms with van der Waals surface area (Å²) in [6.07, 6.45) is 2.28. The molecule has 2 aliphatic rings. The number of nitrogens with zero attached hydrogens (tertiary/aromatic N) is 3. The number of anilines is 1. The van der Waals surface area contributed by atoms with Gasteiger partial charge in [-0.05, 0) is 70.7 Å². The quantitative estimate of drug-likeness (QED) is 0.179. The second-order valence-electron chi connectivity index (χ2n) is 11.9. The SMILES string of the molecule is CCCN(C(=O)/C([N+]#N)=C(\O)O[C@H]1[C@@H]2CC[C@](C)([C@H]1c1ccc3ccccc3c1)C2(C)C)c1ccc(OC)cc1. The van der Waals surface area contributed by atoms with Gasteiger partial charge in [-0.25, -0.2) is 0 Å². The van der Waals surface area contributed by atoms with Crippen molar-refractivity contribution in [1.82, 2.24) is 0 Å². The summed E-state index contributed by atoms with van der Waals surface area (Å²) in [6, 6.07) is 21.8. The molecule has 2 saturated carbocycles. The number of methoxy groups -OCH3 is 1. The molecule has 2 fully saturated rings. The van der Waals surface area contributed by atoms with Gasteiger partial charge in [0.05, 0.1) is 7.11 Å². The third kappa shape index (κ3) is 4.36. The Morgan fingerprint density at radius 3 is 2.42 bits per heavy atom. The summed E-state index contributed by atoms with van der Waals surface area (Å²) in [4.78, 5) is 18.3. The van der Waals surface area contributed by atoms with E-state index in [1.54, 1.807) is 31.4 Å². The van der Waals surface area contributed by atoms with E-state index in [0.29, 0.717) is 24.4 Å². The average molecular weight is 541 g/mol. The molecule has 7 heteroatoms. The zero-order valence-electron chi connectivity index (χ0n) is 23.9. The molecule has 0 saturated heterocycles. The smallest absolute Gasteiger partial charge is 0.497 e. The average Bonchev–Trinajstić information content (AvgIpc) is 3.28. The molecule has 3 aromatic carbocycles. The molecular weight excluding hydrogens is 502 g/mol. The van der Waals surface area contributed by atoms with E-state index in [-0.39, 0.29) is 28.8 Å². The van der Waals surface area contributed by atoms with Crippen molar-refractivity contribution in [2.24, 2.45) is 16.7 Å². The number of aliphatic hydroxyl groups is 1. The van der Waals surface area contributed by atoms with Crippen LogP contribution in [0.2, 0.25) is 0 Å². The second-order valence-corrected chi connectivity index (χ2v) is 11.9. The number of hydrogen-bond donors (Lipinski definition) is 1. The molecule has 1 amide bonds. The molecule has 4 atom stereocenters. The molecule has 0 aromatic heterocycles. The Kier molecular flexibility index (Phi) is 7.22. The van der Waals surface area contributed by atoms with Crippen LogP contribution in [0.15, 0.2) is 78.4 Å². The zero-order chi connectivity index (χ0) is 28.7. The summed E-state index contributed by atoms with van der Waals surface area (Å²) in [5, 5.41) is 23.5. The summed E-state index contributed by atoms with van der Waals surface area (Å²) in [6.45, 7) is 9.18. The second kappa shape index (κ2) is 10.5. The van der Waals surface area contributed by atoms with E-state index >= 15 is 0 Å². The van der Waals surface area contributed by atoms with E-state index < -0.39 is 17.5 Å². The van der Waals surface area contributed by atoms with Crippen molar-refractivity contribution in [2.45, 2.75) is 59.0 Å². The van der Waals surface area contributed by atoms with Gasteiger partial charge in [-0.2, -0.15) is 0 Å². The Labute approximate surface area is 236 Å². The molecule has 5 rings (SSSR count). The Bertz CT molecular complexity index is 1490. The number of hydrogen-bond acceptors (Lipinski definition) is 5. The molecule has 0 radical (unpaired) electrons. The largest absolute Gasteiger partial charge is 0.527 e. The molecule has 3 aromatic rings. The zero-order valence-corrected chi connectivity index (χ0v) is 23.9. The number of ether oxygens (including phenoxy) is 2. The van der Waals surface area contributed by atoms with E-state index in [0.717, 1.165) is 23.8 Å².